The van der Waals surface area contributed by atoms with Crippen molar-refractivity contribution in [3.63, 3.8) is 0 Å². The van der Waals surface area contributed by atoms with Crippen molar-refractivity contribution >= 4 is 17.7 Å². The standard InChI is InChI=1S/C25H31NO6/c1-6-30-11-12-31-24(29)21-15(2)26-19-13-25(4,5)14-20(28)23(19)22(21)17-7-9-18(10-8-17)32-16(3)27/h7-10,22,26H,6,11-14H2,1-5H3/t22-/m0/s1. The van der Waals surface area contributed by atoms with Gasteiger partial charge in [0.05, 0.1) is 12.2 Å². The Kier molecular flexibility index (Phi) is 7.19. The molecule has 7 heteroatoms. The summed E-state index contributed by atoms with van der Waals surface area (Å²) in [6, 6.07) is 6.91. The Morgan fingerprint density at radius 1 is 1.12 bits per heavy atom. The van der Waals surface area contributed by atoms with Crippen LogP contribution in [0.4, 0.5) is 0 Å². The number of hydrogen-bond donors (Lipinski definition) is 1. The summed E-state index contributed by atoms with van der Waals surface area (Å²) in [4.78, 5) is 37.6. The molecule has 172 valence electrons. The van der Waals surface area contributed by atoms with Gasteiger partial charge in [-0.3, -0.25) is 9.59 Å². The normalized spacial score (nSPS) is 19.9. The number of rotatable bonds is 7. The molecule has 0 unspecified atom stereocenters. The summed E-state index contributed by atoms with van der Waals surface area (Å²) in [5.41, 5.74) is 3.13. The molecule has 1 aromatic carbocycles. The van der Waals surface area contributed by atoms with E-state index in [1.54, 1.807) is 24.3 Å². The molecule has 0 bridgehead atoms. The Bertz CT molecular complexity index is 971. The smallest absolute Gasteiger partial charge is 0.336 e. The molecule has 0 aromatic heterocycles. The van der Waals surface area contributed by atoms with Crippen LogP contribution in [-0.4, -0.2) is 37.5 Å². The second-order valence-corrected chi connectivity index (χ2v) is 8.93. The van der Waals surface area contributed by atoms with E-state index in [9.17, 15) is 14.4 Å². The third-order valence-corrected chi connectivity index (χ3v) is 5.60. The number of ether oxygens (including phenoxy) is 3. The number of allylic oxidation sites excluding steroid dienone is 3. The molecule has 0 amide bonds. The van der Waals surface area contributed by atoms with E-state index < -0.39 is 17.9 Å². The van der Waals surface area contributed by atoms with Crippen molar-refractivity contribution < 1.29 is 28.6 Å². The van der Waals surface area contributed by atoms with Crippen molar-refractivity contribution in [1.82, 2.24) is 5.32 Å². The van der Waals surface area contributed by atoms with Gasteiger partial charge in [0.15, 0.2) is 5.78 Å². The third kappa shape index (κ3) is 5.27. The second-order valence-electron chi connectivity index (χ2n) is 8.93. The van der Waals surface area contributed by atoms with Gasteiger partial charge in [0.25, 0.3) is 0 Å². The lowest BCUT2D eigenvalue weighted by atomic mass is 9.68. The molecular weight excluding hydrogens is 410 g/mol. The number of nitrogens with one attached hydrogen (secondary N) is 1. The molecule has 0 fully saturated rings. The molecule has 1 aliphatic carbocycles. The van der Waals surface area contributed by atoms with Crippen LogP contribution < -0.4 is 10.1 Å². The van der Waals surface area contributed by atoms with Crippen molar-refractivity contribution in [3.05, 3.63) is 52.4 Å². The Balaban J connectivity index is 2.01. The van der Waals surface area contributed by atoms with Crippen molar-refractivity contribution in [3.8, 4) is 5.75 Å². The SMILES string of the molecule is CCOCCOC(=O)C1=C(C)NC2=C(C(=O)CC(C)(C)C2)[C@H]1c1ccc(OC(C)=O)cc1. The second kappa shape index (κ2) is 9.69. The topological polar surface area (TPSA) is 90.9 Å². The van der Waals surface area contributed by atoms with Crippen molar-refractivity contribution in [2.45, 2.75) is 53.4 Å². The fraction of sp³-hybridized carbons (Fsp3) is 0.480. The van der Waals surface area contributed by atoms with E-state index in [2.05, 4.69) is 19.2 Å². The Hall–Kier alpha value is -2.93. The Morgan fingerprint density at radius 2 is 1.81 bits per heavy atom. The van der Waals surface area contributed by atoms with Gasteiger partial charge in [-0.1, -0.05) is 26.0 Å². The first-order valence-electron chi connectivity index (χ1n) is 10.9. The van der Waals surface area contributed by atoms with Gasteiger partial charge in [-0.15, -0.1) is 0 Å². The first-order valence-corrected chi connectivity index (χ1v) is 10.9. The van der Waals surface area contributed by atoms with Gasteiger partial charge in [0, 0.05) is 42.8 Å². The van der Waals surface area contributed by atoms with Crippen LogP contribution >= 0.6 is 0 Å². The summed E-state index contributed by atoms with van der Waals surface area (Å²) in [6.45, 7) is 10.2. The number of carbonyl (C=O) groups excluding carboxylic acids is 3. The van der Waals surface area contributed by atoms with E-state index in [-0.39, 0.29) is 17.8 Å². The quantitative estimate of drug-likeness (QED) is 0.391. The van der Waals surface area contributed by atoms with Crippen LogP contribution in [0.15, 0.2) is 46.8 Å². The zero-order valence-electron chi connectivity index (χ0n) is 19.4. The molecule has 0 spiro atoms. The van der Waals surface area contributed by atoms with Gasteiger partial charge in [0.1, 0.15) is 12.4 Å². The number of benzene rings is 1. The molecular formula is C25H31NO6. The highest BCUT2D eigenvalue weighted by Gasteiger charge is 2.43. The fourth-order valence-electron chi connectivity index (χ4n) is 4.35. The average Bonchev–Trinajstić information content (AvgIpc) is 2.69. The van der Waals surface area contributed by atoms with Gasteiger partial charge in [-0.05, 0) is 43.4 Å². The summed E-state index contributed by atoms with van der Waals surface area (Å²) < 4.78 is 15.9. The molecule has 0 radical (unpaired) electrons. The van der Waals surface area contributed by atoms with Crippen LogP contribution in [-0.2, 0) is 23.9 Å². The summed E-state index contributed by atoms with van der Waals surface area (Å²) in [5, 5.41) is 3.31. The molecule has 1 heterocycles. The predicted octanol–water partition coefficient (Wildman–Crippen LogP) is 3.80. The van der Waals surface area contributed by atoms with Crippen LogP contribution in [0.2, 0.25) is 0 Å². The summed E-state index contributed by atoms with van der Waals surface area (Å²) in [7, 11) is 0. The van der Waals surface area contributed by atoms with Crippen molar-refractivity contribution in [1.29, 1.82) is 0 Å². The lowest BCUT2D eigenvalue weighted by Gasteiger charge is -2.39. The molecule has 1 N–H and O–H groups in total. The fourth-order valence-corrected chi connectivity index (χ4v) is 4.35. The number of hydrogen-bond acceptors (Lipinski definition) is 7. The molecule has 1 aliphatic heterocycles. The van der Waals surface area contributed by atoms with Gasteiger partial charge in [0.2, 0.25) is 0 Å². The number of esters is 2. The molecule has 32 heavy (non-hydrogen) atoms. The maximum absolute atomic E-state index is 13.3. The first kappa shape index (κ1) is 23.7. The van der Waals surface area contributed by atoms with Gasteiger partial charge in [-0.25, -0.2) is 4.79 Å². The van der Waals surface area contributed by atoms with Gasteiger partial charge >= 0.3 is 11.9 Å². The molecule has 1 aromatic rings. The lowest BCUT2D eigenvalue weighted by molar-refractivity contribution is -0.141. The number of ketones is 1. The molecule has 2 aliphatic rings. The van der Waals surface area contributed by atoms with Crippen LogP contribution in [0.1, 0.15) is 58.9 Å². The zero-order chi connectivity index (χ0) is 23.5. The van der Waals surface area contributed by atoms with Gasteiger partial charge in [-0.2, -0.15) is 0 Å². The maximum Gasteiger partial charge on any atom is 0.336 e. The van der Waals surface area contributed by atoms with E-state index in [1.165, 1.54) is 6.92 Å². The van der Waals surface area contributed by atoms with Crippen LogP contribution in [0, 0.1) is 5.41 Å². The maximum atomic E-state index is 13.3. The molecule has 7 nitrogen and oxygen atoms in total. The summed E-state index contributed by atoms with van der Waals surface area (Å²) in [6.07, 6.45) is 1.11. The molecule has 0 saturated carbocycles. The summed E-state index contributed by atoms with van der Waals surface area (Å²) >= 11 is 0. The predicted molar refractivity (Wildman–Crippen MR) is 119 cm³/mol. The van der Waals surface area contributed by atoms with E-state index in [0.29, 0.717) is 48.6 Å². The Morgan fingerprint density at radius 3 is 2.44 bits per heavy atom. The zero-order valence-corrected chi connectivity index (χ0v) is 19.4. The van der Waals surface area contributed by atoms with Crippen molar-refractivity contribution in [2.75, 3.05) is 19.8 Å². The van der Waals surface area contributed by atoms with Crippen molar-refractivity contribution in [2.24, 2.45) is 5.41 Å². The van der Waals surface area contributed by atoms with Crippen LogP contribution in [0.25, 0.3) is 0 Å². The number of Topliss-reactive ketones (excluding diaryl/α,β-unsaturated/α-hetero) is 1. The van der Waals surface area contributed by atoms with Crippen LogP contribution in [0.3, 0.4) is 0 Å². The lowest BCUT2D eigenvalue weighted by Crippen LogP contribution is -2.38. The largest absolute Gasteiger partial charge is 0.460 e. The molecule has 1 atom stereocenters. The number of dihydropyridines is 1. The highest BCUT2D eigenvalue weighted by molar-refractivity contribution is 6.04. The Labute approximate surface area is 188 Å². The van der Waals surface area contributed by atoms with E-state index in [1.807, 2.05) is 13.8 Å². The highest BCUT2D eigenvalue weighted by Crippen LogP contribution is 2.46. The van der Waals surface area contributed by atoms with E-state index in [4.69, 9.17) is 14.2 Å². The monoisotopic (exact) mass is 441 g/mol. The highest BCUT2D eigenvalue weighted by atomic mass is 16.6. The minimum atomic E-state index is -0.555. The number of carbonyl (C=O) groups is 3. The minimum Gasteiger partial charge on any atom is -0.460 e. The first-order chi connectivity index (χ1) is 15.1. The van der Waals surface area contributed by atoms with Gasteiger partial charge < -0.3 is 19.5 Å². The molecule has 3 rings (SSSR count). The minimum absolute atomic E-state index is 0.0185. The molecule has 0 saturated heterocycles. The van der Waals surface area contributed by atoms with E-state index in [0.717, 1.165) is 11.3 Å². The third-order valence-electron chi connectivity index (χ3n) is 5.60. The van der Waals surface area contributed by atoms with Crippen LogP contribution in [0.5, 0.6) is 5.75 Å². The van der Waals surface area contributed by atoms with E-state index >= 15 is 0 Å². The average molecular weight is 442 g/mol. The summed E-state index contributed by atoms with van der Waals surface area (Å²) in [5.74, 6) is -1.02.